The minimum Gasteiger partial charge on any atom is -0.315 e. The van der Waals surface area contributed by atoms with Crippen LogP contribution in [0.2, 0.25) is 0 Å². The molecule has 4 heteroatoms. The molecule has 1 aromatic rings. The molecule has 0 bridgehead atoms. The van der Waals surface area contributed by atoms with E-state index in [0.717, 1.165) is 30.5 Å². The highest BCUT2D eigenvalue weighted by Crippen LogP contribution is 2.11. The van der Waals surface area contributed by atoms with E-state index in [-0.39, 0.29) is 11.5 Å². The van der Waals surface area contributed by atoms with Crippen LogP contribution in [0.5, 0.6) is 0 Å². The highest BCUT2D eigenvalue weighted by molar-refractivity contribution is 7.90. The van der Waals surface area contributed by atoms with Crippen LogP contribution in [0.15, 0.2) is 24.3 Å². The van der Waals surface area contributed by atoms with Crippen LogP contribution in [0.4, 0.5) is 0 Å². The van der Waals surface area contributed by atoms with Crippen molar-refractivity contribution in [2.75, 3.05) is 12.3 Å². The van der Waals surface area contributed by atoms with E-state index >= 15 is 0 Å². The molecule has 0 radical (unpaired) electrons. The fraction of sp³-hybridized carbons (Fsp3) is 0.600. The number of sulfone groups is 1. The zero-order chi connectivity index (χ0) is 14.3. The first-order chi connectivity index (χ1) is 8.93. The molecular weight excluding hydrogens is 258 g/mol. The number of benzene rings is 1. The van der Waals surface area contributed by atoms with Gasteiger partial charge < -0.3 is 5.32 Å². The molecule has 0 aliphatic carbocycles. The van der Waals surface area contributed by atoms with Crippen molar-refractivity contribution in [2.24, 2.45) is 0 Å². The van der Waals surface area contributed by atoms with Crippen molar-refractivity contribution in [3.05, 3.63) is 35.4 Å². The molecule has 0 aliphatic rings. The van der Waals surface area contributed by atoms with Gasteiger partial charge in [-0.3, -0.25) is 0 Å². The Hall–Kier alpha value is -0.870. The van der Waals surface area contributed by atoms with Crippen LogP contribution in [0, 0.1) is 6.92 Å². The Kier molecular flexibility index (Phi) is 6.52. The van der Waals surface area contributed by atoms with E-state index in [4.69, 9.17) is 0 Å². The Bertz CT molecular complexity index is 483. The molecule has 19 heavy (non-hydrogen) atoms. The van der Waals surface area contributed by atoms with Gasteiger partial charge in [0.25, 0.3) is 0 Å². The Morgan fingerprint density at radius 3 is 2.68 bits per heavy atom. The van der Waals surface area contributed by atoms with Gasteiger partial charge in [0.1, 0.15) is 0 Å². The summed E-state index contributed by atoms with van der Waals surface area (Å²) in [6, 6.07) is 8.10. The number of aryl methyl sites for hydroxylation is 1. The minimum atomic E-state index is -2.99. The molecule has 0 aromatic heterocycles. The molecule has 1 aromatic carbocycles. The molecule has 3 nitrogen and oxygen atoms in total. The second-order valence-electron chi connectivity index (χ2n) is 5.18. The van der Waals surface area contributed by atoms with Crippen LogP contribution in [-0.4, -0.2) is 26.8 Å². The van der Waals surface area contributed by atoms with Gasteiger partial charge in [-0.2, -0.15) is 0 Å². The van der Waals surface area contributed by atoms with Gasteiger partial charge in [-0.25, -0.2) is 8.42 Å². The van der Waals surface area contributed by atoms with E-state index in [1.54, 1.807) is 0 Å². The maximum atomic E-state index is 12.0. The van der Waals surface area contributed by atoms with Crippen LogP contribution in [0.25, 0.3) is 0 Å². The smallest absolute Gasteiger partial charge is 0.154 e. The SMILES string of the molecule is CCNC(C)CCCS(=O)(=O)Cc1cccc(C)c1. The lowest BCUT2D eigenvalue weighted by molar-refractivity contribution is 0.520. The second-order valence-corrected chi connectivity index (χ2v) is 7.37. The van der Waals surface area contributed by atoms with Gasteiger partial charge in [0.2, 0.25) is 0 Å². The predicted octanol–water partition coefficient (Wildman–Crippen LogP) is 2.69. The number of hydrogen-bond acceptors (Lipinski definition) is 3. The molecule has 108 valence electrons. The Balaban J connectivity index is 2.44. The topological polar surface area (TPSA) is 46.2 Å². The highest BCUT2D eigenvalue weighted by Gasteiger charge is 2.12. The number of hydrogen-bond donors (Lipinski definition) is 1. The highest BCUT2D eigenvalue weighted by atomic mass is 32.2. The van der Waals surface area contributed by atoms with Gasteiger partial charge in [0, 0.05) is 6.04 Å². The third-order valence-electron chi connectivity index (χ3n) is 3.11. The number of nitrogens with one attached hydrogen (secondary N) is 1. The van der Waals surface area contributed by atoms with Gasteiger partial charge in [-0.15, -0.1) is 0 Å². The van der Waals surface area contributed by atoms with Crippen molar-refractivity contribution in [1.29, 1.82) is 0 Å². The summed E-state index contributed by atoms with van der Waals surface area (Å²) in [5.74, 6) is 0.431. The largest absolute Gasteiger partial charge is 0.315 e. The molecule has 1 rings (SSSR count). The fourth-order valence-corrected chi connectivity index (χ4v) is 3.63. The van der Waals surface area contributed by atoms with Crippen LogP contribution in [0.3, 0.4) is 0 Å². The lowest BCUT2D eigenvalue weighted by atomic mass is 10.2. The maximum Gasteiger partial charge on any atom is 0.154 e. The molecular formula is C15H25NO2S. The first kappa shape index (κ1) is 16.2. The van der Waals surface area contributed by atoms with E-state index in [2.05, 4.69) is 19.2 Å². The zero-order valence-corrected chi connectivity index (χ0v) is 13.0. The minimum absolute atomic E-state index is 0.157. The quantitative estimate of drug-likeness (QED) is 0.798. The van der Waals surface area contributed by atoms with E-state index in [0.29, 0.717) is 6.04 Å². The van der Waals surface area contributed by atoms with Gasteiger partial charge in [-0.1, -0.05) is 36.8 Å². The lowest BCUT2D eigenvalue weighted by Gasteiger charge is -2.12. The third-order valence-corrected chi connectivity index (χ3v) is 4.80. The standard InChI is InChI=1S/C15H25NO2S/c1-4-16-14(3)8-6-10-19(17,18)12-15-9-5-7-13(2)11-15/h5,7,9,11,14,16H,4,6,8,10,12H2,1-3H3. The predicted molar refractivity (Wildman–Crippen MR) is 81.0 cm³/mol. The fourth-order valence-electron chi connectivity index (χ4n) is 2.19. The average Bonchev–Trinajstić information content (AvgIpc) is 2.28. The summed E-state index contributed by atoms with van der Waals surface area (Å²) >= 11 is 0. The van der Waals surface area contributed by atoms with E-state index in [1.807, 2.05) is 31.2 Å². The molecule has 0 saturated heterocycles. The Morgan fingerprint density at radius 2 is 2.05 bits per heavy atom. The van der Waals surface area contributed by atoms with Crippen molar-refractivity contribution in [2.45, 2.75) is 45.4 Å². The molecule has 0 aliphatic heterocycles. The zero-order valence-electron chi connectivity index (χ0n) is 12.1. The summed E-state index contributed by atoms with van der Waals surface area (Å²) in [5.41, 5.74) is 1.99. The van der Waals surface area contributed by atoms with Crippen LogP contribution in [0.1, 0.15) is 37.8 Å². The van der Waals surface area contributed by atoms with Crippen molar-refractivity contribution in [3.8, 4) is 0 Å². The molecule has 0 fully saturated rings. The molecule has 0 spiro atoms. The maximum absolute atomic E-state index is 12.0. The van der Waals surface area contributed by atoms with Crippen LogP contribution >= 0.6 is 0 Å². The first-order valence-corrected chi connectivity index (χ1v) is 8.74. The van der Waals surface area contributed by atoms with Gasteiger partial charge in [0.05, 0.1) is 11.5 Å². The molecule has 1 atom stereocenters. The summed E-state index contributed by atoms with van der Waals surface area (Å²) in [6.07, 6.45) is 1.63. The third kappa shape index (κ3) is 6.73. The summed E-state index contributed by atoms with van der Waals surface area (Å²) in [7, 11) is -2.99. The normalized spacial score (nSPS) is 13.4. The molecule has 0 saturated carbocycles. The van der Waals surface area contributed by atoms with Crippen molar-refractivity contribution >= 4 is 9.84 Å². The second kappa shape index (κ2) is 7.65. The summed E-state index contributed by atoms with van der Waals surface area (Å²) in [5, 5.41) is 3.29. The van der Waals surface area contributed by atoms with E-state index in [1.165, 1.54) is 0 Å². The van der Waals surface area contributed by atoms with Crippen molar-refractivity contribution in [1.82, 2.24) is 5.32 Å². The summed E-state index contributed by atoms with van der Waals surface area (Å²) in [4.78, 5) is 0. The monoisotopic (exact) mass is 283 g/mol. The molecule has 1 N–H and O–H groups in total. The van der Waals surface area contributed by atoms with E-state index < -0.39 is 9.84 Å². The average molecular weight is 283 g/mol. The summed E-state index contributed by atoms with van der Waals surface area (Å²) in [6.45, 7) is 7.06. The van der Waals surface area contributed by atoms with Crippen LogP contribution in [-0.2, 0) is 15.6 Å². The summed E-state index contributed by atoms with van der Waals surface area (Å²) < 4.78 is 24.1. The molecule has 0 heterocycles. The lowest BCUT2D eigenvalue weighted by Crippen LogP contribution is -2.26. The van der Waals surface area contributed by atoms with Gasteiger partial charge in [0.15, 0.2) is 9.84 Å². The van der Waals surface area contributed by atoms with Crippen LogP contribution < -0.4 is 5.32 Å². The van der Waals surface area contributed by atoms with Crippen molar-refractivity contribution in [3.63, 3.8) is 0 Å². The molecule has 0 amide bonds. The van der Waals surface area contributed by atoms with Gasteiger partial charge in [-0.05, 0) is 38.8 Å². The molecule has 1 unspecified atom stereocenters. The Labute approximate surface area is 117 Å². The Morgan fingerprint density at radius 1 is 1.32 bits per heavy atom. The van der Waals surface area contributed by atoms with E-state index in [9.17, 15) is 8.42 Å². The van der Waals surface area contributed by atoms with Gasteiger partial charge >= 0.3 is 0 Å². The number of rotatable bonds is 8. The van der Waals surface area contributed by atoms with Crippen molar-refractivity contribution < 1.29 is 8.42 Å². The first-order valence-electron chi connectivity index (χ1n) is 6.92.